The summed E-state index contributed by atoms with van der Waals surface area (Å²) in [6, 6.07) is 3.05. The summed E-state index contributed by atoms with van der Waals surface area (Å²) in [5.74, 6) is -4.52. The fraction of sp³-hybridized carbons (Fsp3) is 0.391. The summed E-state index contributed by atoms with van der Waals surface area (Å²) in [6.07, 6.45) is 4.51. The van der Waals surface area contributed by atoms with Gasteiger partial charge < -0.3 is 4.74 Å². The molecule has 0 aromatic heterocycles. The first-order chi connectivity index (χ1) is 13.1. The lowest BCUT2D eigenvalue weighted by molar-refractivity contribution is 0.223. The van der Waals surface area contributed by atoms with Crippen LogP contribution in [-0.2, 0) is 4.74 Å². The fourth-order valence-corrected chi connectivity index (χ4v) is 2.56. The van der Waals surface area contributed by atoms with Crippen LogP contribution in [0.4, 0.5) is 17.6 Å². The summed E-state index contributed by atoms with van der Waals surface area (Å²) in [4.78, 5) is 0. The molecular formula is C23H28F4O. The number of hydrogen-bond donors (Lipinski definition) is 0. The van der Waals surface area contributed by atoms with E-state index >= 15 is 0 Å². The van der Waals surface area contributed by atoms with Gasteiger partial charge >= 0.3 is 0 Å². The van der Waals surface area contributed by atoms with Gasteiger partial charge in [0.2, 0.25) is 0 Å². The second-order valence-electron chi connectivity index (χ2n) is 6.92. The lowest BCUT2D eigenvalue weighted by Crippen LogP contribution is -2.04. The van der Waals surface area contributed by atoms with Crippen LogP contribution in [-0.4, -0.2) is 6.61 Å². The van der Waals surface area contributed by atoms with Gasteiger partial charge in [0.1, 0.15) is 0 Å². The molecule has 2 atom stereocenters. The highest BCUT2D eigenvalue weighted by Gasteiger charge is 2.19. The molecule has 1 aromatic carbocycles. The molecule has 0 N–H and O–H groups in total. The quantitative estimate of drug-likeness (QED) is 0.225. The third-order valence-electron chi connectivity index (χ3n) is 4.60. The van der Waals surface area contributed by atoms with E-state index in [1.165, 1.54) is 25.1 Å². The van der Waals surface area contributed by atoms with Crippen LogP contribution in [0, 0.1) is 30.4 Å². The van der Waals surface area contributed by atoms with Crippen LogP contribution in [0.5, 0.6) is 0 Å². The van der Waals surface area contributed by atoms with Crippen molar-refractivity contribution >= 4 is 6.08 Å². The molecule has 0 saturated heterocycles. The van der Waals surface area contributed by atoms with Crippen molar-refractivity contribution < 1.29 is 22.3 Å². The van der Waals surface area contributed by atoms with Gasteiger partial charge in [-0.1, -0.05) is 51.3 Å². The second-order valence-corrected chi connectivity index (χ2v) is 6.92. The SMILES string of the molecule is C=C(OCC)/C(F)=C(/F)C(=C)C(C)CCC(C)/C=C/c1ccc(C)c(F)c1F. The molecule has 28 heavy (non-hydrogen) atoms. The van der Waals surface area contributed by atoms with Crippen LogP contribution in [0.25, 0.3) is 6.08 Å². The second kappa shape index (κ2) is 10.9. The van der Waals surface area contributed by atoms with Gasteiger partial charge in [0.05, 0.1) is 6.61 Å². The van der Waals surface area contributed by atoms with Crippen molar-refractivity contribution in [2.45, 2.75) is 40.5 Å². The molecule has 0 aliphatic rings. The standard InChI is InChI=1S/C23H28F4O/c1-7-28-18(6)22(26)21(25)17(5)15(3)10-8-14(2)9-12-19-13-11-16(4)20(24)23(19)27/h9,11-15H,5-8,10H2,1-4H3/b12-9+,22-21-. The summed E-state index contributed by atoms with van der Waals surface area (Å²) < 4.78 is 60.5. The first-order valence-electron chi connectivity index (χ1n) is 9.29. The Balaban J connectivity index is 2.68. The van der Waals surface area contributed by atoms with E-state index in [4.69, 9.17) is 4.74 Å². The minimum absolute atomic E-state index is 0.0364. The van der Waals surface area contributed by atoms with Gasteiger partial charge in [0, 0.05) is 5.56 Å². The number of ether oxygens (including phenoxy) is 1. The van der Waals surface area contributed by atoms with E-state index in [2.05, 4.69) is 13.2 Å². The molecule has 0 saturated carbocycles. The molecule has 0 aliphatic heterocycles. The highest BCUT2D eigenvalue weighted by molar-refractivity contribution is 5.51. The molecule has 0 radical (unpaired) electrons. The Morgan fingerprint density at radius 2 is 1.71 bits per heavy atom. The van der Waals surface area contributed by atoms with Gasteiger partial charge in [-0.15, -0.1) is 0 Å². The molecule has 154 valence electrons. The van der Waals surface area contributed by atoms with Crippen molar-refractivity contribution in [1.29, 1.82) is 0 Å². The van der Waals surface area contributed by atoms with E-state index in [-0.39, 0.29) is 40.9 Å². The first-order valence-corrected chi connectivity index (χ1v) is 9.29. The highest BCUT2D eigenvalue weighted by atomic mass is 19.2. The van der Waals surface area contributed by atoms with E-state index in [0.717, 1.165) is 0 Å². The monoisotopic (exact) mass is 396 g/mol. The lowest BCUT2D eigenvalue weighted by atomic mass is 9.91. The average Bonchev–Trinajstić information content (AvgIpc) is 2.68. The van der Waals surface area contributed by atoms with Crippen LogP contribution in [0.2, 0.25) is 0 Å². The Kier molecular flexibility index (Phi) is 9.23. The van der Waals surface area contributed by atoms with Crippen molar-refractivity contribution in [1.82, 2.24) is 0 Å². The van der Waals surface area contributed by atoms with E-state index in [9.17, 15) is 17.6 Å². The average molecular weight is 396 g/mol. The molecule has 1 aromatic rings. The predicted molar refractivity (Wildman–Crippen MR) is 107 cm³/mol. The van der Waals surface area contributed by atoms with Crippen LogP contribution in [0.15, 0.2) is 54.4 Å². The summed E-state index contributed by atoms with van der Waals surface area (Å²) in [6.45, 7) is 14.0. The zero-order valence-corrected chi connectivity index (χ0v) is 16.9. The van der Waals surface area contributed by atoms with E-state index in [0.29, 0.717) is 12.8 Å². The van der Waals surface area contributed by atoms with E-state index in [1.807, 2.05) is 6.92 Å². The molecule has 5 heteroatoms. The molecular weight excluding hydrogens is 368 g/mol. The molecule has 1 nitrogen and oxygen atoms in total. The minimum Gasteiger partial charge on any atom is -0.491 e. The van der Waals surface area contributed by atoms with Crippen molar-refractivity contribution in [3.63, 3.8) is 0 Å². The number of aryl methyl sites for hydroxylation is 1. The van der Waals surface area contributed by atoms with Crippen LogP contribution < -0.4 is 0 Å². The summed E-state index contributed by atoms with van der Waals surface area (Å²) in [7, 11) is 0. The molecule has 2 unspecified atom stereocenters. The van der Waals surface area contributed by atoms with Crippen LogP contribution in [0.1, 0.15) is 44.7 Å². The van der Waals surface area contributed by atoms with Crippen molar-refractivity contribution in [3.05, 3.63) is 77.1 Å². The number of benzene rings is 1. The third kappa shape index (κ3) is 6.39. The smallest absolute Gasteiger partial charge is 0.200 e. The zero-order chi connectivity index (χ0) is 21.4. The number of hydrogen-bond acceptors (Lipinski definition) is 1. The molecule has 0 amide bonds. The van der Waals surface area contributed by atoms with Gasteiger partial charge in [-0.2, -0.15) is 4.39 Å². The number of halogens is 4. The zero-order valence-electron chi connectivity index (χ0n) is 16.9. The van der Waals surface area contributed by atoms with E-state index < -0.39 is 23.3 Å². The third-order valence-corrected chi connectivity index (χ3v) is 4.60. The normalized spacial score (nSPS) is 14.6. The predicted octanol–water partition coefficient (Wildman–Crippen LogP) is 7.60. The van der Waals surface area contributed by atoms with Gasteiger partial charge in [0.25, 0.3) is 0 Å². The Morgan fingerprint density at radius 3 is 2.32 bits per heavy atom. The molecule has 0 bridgehead atoms. The maximum absolute atomic E-state index is 14.2. The van der Waals surface area contributed by atoms with Gasteiger partial charge in [-0.25, -0.2) is 13.2 Å². The molecule has 0 heterocycles. The van der Waals surface area contributed by atoms with E-state index in [1.54, 1.807) is 19.9 Å². The summed E-state index contributed by atoms with van der Waals surface area (Å²) in [5.41, 5.74) is 0.475. The van der Waals surface area contributed by atoms with Gasteiger partial charge in [-0.05, 0) is 49.7 Å². The highest BCUT2D eigenvalue weighted by Crippen LogP contribution is 2.30. The Labute approximate surface area is 165 Å². The minimum atomic E-state index is -1.14. The molecule has 0 aliphatic carbocycles. The maximum atomic E-state index is 14.2. The Bertz CT molecular complexity index is 777. The summed E-state index contributed by atoms with van der Waals surface area (Å²) >= 11 is 0. The lowest BCUT2D eigenvalue weighted by Gasteiger charge is -2.16. The fourth-order valence-electron chi connectivity index (χ4n) is 2.56. The maximum Gasteiger partial charge on any atom is 0.200 e. The topological polar surface area (TPSA) is 9.23 Å². The van der Waals surface area contributed by atoms with Crippen LogP contribution in [0.3, 0.4) is 0 Å². The first kappa shape index (κ1) is 23.7. The number of rotatable bonds is 10. The Hall–Kier alpha value is -2.30. The largest absolute Gasteiger partial charge is 0.491 e. The summed E-state index contributed by atoms with van der Waals surface area (Å²) in [5, 5.41) is 0. The van der Waals surface area contributed by atoms with Crippen molar-refractivity contribution in [2.75, 3.05) is 6.61 Å². The van der Waals surface area contributed by atoms with Crippen molar-refractivity contribution in [2.24, 2.45) is 11.8 Å². The van der Waals surface area contributed by atoms with Crippen LogP contribution >= 0.6 is 0 Å². The number of allylic oxidation sites excluding steroid dienone is 4. The van der Waals surface area contributed by atoms with Crippen molar-refractivity contribution in [3.8, 4) is 0 Å². The Morgan fingerprint density at radius 1 is 1.07 bits per heavy atom. The molecule has 0 spiro atoms. The van der Waals surface area contributed by atoms with Gasteiger partial charge in [-0.3, -0.25) is 0 Å². The molecule has 0 fully saturated rings. The molecule has 1 rings (SSSR count). The van der Waals surface area contributed by atoms with Gasteiger partial charge in [0.15, 0.2) is 29.0 Å².